The van der Waals surface area contributed by atoms with Gasteiger partial charge in [-0.3, -0.25) is 0 Å². The topological polar surface area (TPSA) is 35.5 Å². The van der Waals surface area contributed by atoms with Crippen LogP contribution in [0.25, 0.3) is 0 Å². The number of unbranched alkanes of at least 4 members (excludes halogenated alkanes) is 11. The first-order chi connectivity index (χ1) is 12.0. The summed E-state index contributed by atoms with van der Waals surface area (Å²) in [4.78, 5) is 11.7. The fourth-order valence-electron chi connectivity index (χ4n) is 3.29. The minimum Gasteiger partial charge on any atom is -0.434 e. The van der Waals surface area contributed by atoms with Crippen molar-refractivity contribution in [1.29, 1.82) is 0 Å². The Kier molecular flexibility index (Phi) is 16.2. The molecule has 3 heteroatoms. The fourth-order valence-corrected chi connectivity index (χ4v) is 3.29. The number of carbonyl (C=O) groups is 1. The molecule has 3 nitrogen and oxygen atoms in total. The predicted octanol–water partition coefficient (Wildman–Crippen LogP) is 7.52. The van der Waals surface area contributed by atoms with Gasteiger partial charge in [-0.25, -0.2) is 4.79 Å². The molecule has 0 radical (unpaired) electrons. The molecule has 0 spiro atoms. The average Bonchev–Trinajstić information content (AvgIpc) is 2.56. The molecule has 0 saturated heterocycles. The highest BCUT2D eigenvalue weighted by Crippen LogP contribution is 2.17. The SMILES string of the molecule is CCCCCCCCCCCCCCOC(=O)OC(C(C)C)C(C)C. The molecular formula is C22H44O3. The lowest BCUT2D eigenvalue weighted by molar-refractivity contribution is -0.0110. The van der Waals surface area contributed by atoms with E-state index in [1.807, 2.05) is 0 Å². The van der Waals surface area contributed by atoms with Crippen molar-refractivity contribution in [2.45, 2.75) is 118 Å². The molecule has 0 amide bonds. The van der Waals surface area contributed by atoms with E-state index >= 15 is 0 Å². The van der Waals surface area contributed by atoms with Crippen molar-refractivity contribution >= 4 is 6.16 Å². The van der Waals surface area contributed by atoms with Crippen molar-refractivity contribution in [2.75, 3.05) is 6.61 Å². The van der Waals surface area contributed by atoms with Gasteiger partial charge in [-0.15, -0.1) is 0 Å². The summed E-state index contributed by atoms with van der Waals surface area (Å²) in [6.45, 7) is 11.0. The molecule has 0 N–H and O–H groups in total. The highest BCUT2D eigenvalue weighted by atomic mass is 16.7. The maximum atomic E-state index is 11.7. The molecule has 25 heavy (non-hydrogen) atoms. The zero-order valence-corrected chi connectivity index (χ0v) is 17.6. The van der Waals surface area contributed by atoms with Crippen LogP contribution in [0.1, 0.15) is 112 Å². The first-order valence-electron chi connectivity index (χ1n) is 10.8. The van der Waals surface area contributed by atoms with E-state index in [0.29, 0.717) is 18.4 Å². The lowest BCUT2D eigenvalue weighted by atomic mass is 9.96. The van der Waals surface area contributed by atoms with Crippen LogP contribution in [0.2, 0.25) is 0 Å². The van der Waals surface area contributed by atoms with Gasteiger partial charge in [0.2, 0.25) is 0 Å². The van der Waals surface area contributed by atoms with E-state index in [9.17, 15) is 4.79 Å². The standard InChI is InChI=1S/C22H44O3/c1-6-7-8-9-10-11-12-13-14-15-16-17-18-24-22(23)25-21(19(2)3)20(4)5/h19-21H,6-18H2,1-5H3. The molecular weight excluding hydrogens is 312 g/mol. The lowest BCUT2D eigenvalue weighted by Gasteiger charge is -2.24. The number of ether oxygens (including phenoxy) is 2. The average molecular weight is 357 g/mol. The molecule has 150 valence electrons. The molecule has 0 aromatic carbocycles. The summed E-state index contributed by atoms with van der Waals surface area (Å²) < 4.78 is 10.6. The summed E-state index contributed by atoms with van der Waals surface area (Å²) in [7, 11) is 0. The summed E-state index contributed by atoms with van der Waals surface area (Å²) >= 11 is 0. The van der Waals surface area contributed by atoms with Gasteiger partial charge in [-0.05, 0) is 18.3 Å². The number of hydrogen-bond donors (Lipinski definition) is 0. The van der Waals surface area contributed by atoms with Crippen LogP contribution in [0.5, 0.6) is 0 Å². The second-order valence-electron chi connectivity index (χ2n) is 8.06. The first kappa shape index (κ1) is 24.3. The molecule has 0 fully saturated rings. The lowest BCUT2D eigenvalue weighted by Crippen LogP contribution is -2.29. The van der Waals surface area contributed by atoms with E-state index in [-0.39, 0.29) is 6.10 Å². The summed E-state index contributed by atoms with van der Waals surface area (Å²) in [6.07, 6.45) is 15.1. The van der Waals surface area contributed by atoms with Crippen molar-refractivity contribution in [2.24, 2.45) is 11.8 Å². The van der Waals surface area contributed by atoms with Gasteiger partial charge in [-0.2, -0.15) is 0 Å². The minimum absolute atomic E-state index is 0.0607. The second-order valence-corrected chi connectivity index (χ2v) is 8.06. The molecule has 0 aromatic rings. The monoisotopic (exact) mass is 356 g/mol. The number of carbonyl (C=O) groups excluding carboxylic acids is 1. The quantitative estimate of drug-likeness (QED) is 0.212. The van der Waals surface area contributed by atoms with Crippen LogP contribution in [0, 0.1) is 11.8 Å². The van der Waals surface area contributed by atoms with Crippen molar-refractivity contribution < 1.29 is 14.3 Å². The molecule has 0 aliphatic heterocycles. The Bertz CT molecular complexity index is 292. The molecule has 0 aliphatic carbocycles. The van der Waals surface area contributed by atoms with Crippen LogP contribution in [0.15, 0.2) is 0 Å². The molecule has 0 aromatic heterocycles. The zero-order chi connectivity index (χ0) is 18.9. The van der Waals surface area contributed by atoms with Crippen molar-refractivity contribution in [3.05, 3.63) is 0 Å². The molecule has 0 bridgehead atoms. The first-order valence-corrected chi connectivity index (χ1v) is 10.8. The van der Waals surface area contributed by atoms with Gasteiger partial charge in [0.05, 0.1) is 6.61 Å². The van der Waals surface area contributed by atoms with E-state index in [0.717, 1.165) is 12.8 Å². The molecule has 0 rings (SSSR count). The van der Waals surface area contributed by atoms with Gasteiger partial charge in [0.1, 0.15) is 6.10 Å². The maximum Gasteiger partial charge on any atom is 0.508 e. The van der Waals surface area contributed by atoms with Gasteiger partial charge in [0.25, 0.3) is 0 Å². The predicted molar refractivity (Wildman–Crippen MR) is 107 cm³/mol. The molecule has 0 unspecified atom stereocenters. The van der Waals surface area contributed by atoms with E-state index in [1.165, 1.54) is 64.2 Å². The Labute approximate surface area is 157 Å². The number of hydrogen-bond acceptors (Lipinski definition) is 3. The molecule has 0 aliphatic rings. The smallest absolute Gasteiger partial charge is 0.434 e. The minimum atomic E-state index is -0.504. The van der Waals surface area contributed by atoms with Crippen LogP contribution in [-0.2, 0) is 9.47 Å². The Morgan fingerprint density at radius 3 is 1.48 bits per heavy atom. The molecule has 0 atom stereocenters. The maximum absolute atomic E-state index is 11.7. The Hall–Kier alpha value is -0.730. The normalized spacial score (nSPS) is 11.5. The van der Waals surface area contributed by atoms with Crippen molar-refractivity contribution in [3.63, 3.8) is 0 Å². The second kappa shape index (κ2) is 16.7. The van der Waals surface area contributed by atoms with Crippen LogP contribution >= 0.6 is 0 Å². The summed E-state index contributed by atoms with van der Waals surface area (Å²) in [5, 5.41) is 0. The van der Waals surface area contributed by atoms with E-state index in [2.05, 4.69) is 34.6 Å². The van der Waals surface area contributed by atoms with Crippen LogP contribution < -0.4 is 0 Å². The highest BCUT2D eigenvalue weighted by Gasteiger charge is 2.22. The van der Waals surface area contributed by atoms with E-state index in [1.54, 1.807) is 0 Å². The molecule has 0 heterocycles. The molecule has 0 saturated carbocycles. The van der Waals surface area contributed by atoms with Crippen molar-refractivity contribution in [3.8, 4) is 0 Å². The van der Waals surface area contributed by atoms with Gasteiger partial charge in [-0.1, -0.05) is 105 Å². The zero-order valence-electron chi connectivity index (χ0n) is 17.6. The third kappa shape index (κ3) is 15.3. The van der Waals surface area contributed by atoms with Gasteiger partial charge in [0, 0.05) is 0 Å². The van der Waals surface area contributed by atoms with Crippen LogP contribution in [0.4, 0.5) is 4.79 Å². The van der Waals surface area contributed by atoms with Crippen LogP contribution in [0.3, 0.4) is 0 Å². The van der Waals surface area contributed by atoms with Gasteiger partial charge < -0.3 is 9.47 Å². The summed E-state index contributed by atoms with van der Waals surface area (Å²) in [5.74, 6) is 0.637. The third-order valence-corrected chi connectivity index (χ3v) is 4.76. The Balaban J connectivity index is 3.39. The summed E-state index contributed by atoms with van der Waals surface area (Å²) in [5.41, 5.74) is 0. The fraction of sp³-hybridized carbons (Fsp3) is 0.955. The van der Waals surface area contributed by atoms with E-state index < -0.39 is 6.16 Å². The summed E-state index contributed by atoms with van der Waals surface area (Å²) in [6, 6.07) is 0. The Morgan fingerprint density at radius 1 is 0.680 bits per heavy atom. The van der Waals surface area contributed by atoms with Crippen molar-refractivity contribution in [1.82, 2.24) is 0 Å². The highest BCUT2D eigenvalue weighted by molar-refractivity contribution is 5.60. The number of rotatable bonds is 16. The largest absolute Gasteiger partial charge is 0.508 e. The van der Waals surface area contributed by atoms with E-state index in [4.69, 9.17) is 9.47 Å². The van der Waals surface area contributed by atoms with Gasteiger partial charge >= 0.3 is 6.16 Å². The van der Waals surface area contributed by atoms with Gasteiger partial charge in [0.15, 0.2) is 0 Å². The third-order valence-electron chi connectivity index (χ3n) is 4.76. The Morgan fingerprint density at radius 2 is 1.08 bits per heavy atom. The van der Waals surface area contributed by atoms with Crippen LogP contribution in [-0.4, -0.2) is 18.9 Å².